The summed E-state index contributed by atoms with van der Waals surface area (Å²) in [5.41, 5.74) is 3.20. The van der Waals surface area contributed by atoms with E-state index in [0.717, 1.165) is 24.8 Å². The van der Waals surface area contributed by atoms with Crippen LogP contribution < -0.4 is 4.90 Å². The Labute approximate surface area is 269 Å². The highest BCUT2D eigenvalue weighted by atomic mass is 19.4. The number of piperazine rings is 1. The number of carboxylic acids is 1. The fourth-order valence-electron chi connectivity index (χ4n) is 5.89. The molecule has 2 atom stereocenters. The molecule has 2 amide bonds. The van der Waals surface area contributed by atoms with Crippen molar-refractivity contribution in [1.29, 1.82) is 0 Å². The lowest BCUT2D eigenvalue weighted by molar-refractivity contribution is -0.384. The summed E-state index contributed by atoms with van der Waals surface area (Å²) in [6.07, 6.45) is 1.55. The van der Waals surface area contributed by atoms with Crippen molar-refractivity contribution in [3.63, 3.8) is 0 Å². The fourth-order valence-corrected chi connectivity index (χ4v) is 5.89. The number of anilines is 1. The van der Waals surface area contributed by atoms with Crippen LogP contribution in [0.1, 0.15) is 48.2 Å². The van der Waals surface area contributed by atoms with Crippen LogP contribution in [0, 0.1) is 16.0 Å². The predicted molar refractivity (Wildman–Crippen MR) is 167 cm³/mol. The molecule has 2 aromatic carbocycles. The first-order valence-electron chi connectivity index (χ1n) is 15.2. The van der Waals surface area contributed by atoms with Gasteiger partial charge in [0.15, 0.2) is 0 Å². The SMILES string of the molecule is CC(C)[C@H]1C(=O)N(CCCCc2ccccc2)CC2N(CCc3ccncc3)c3ccc([N+](=O)[O-])cc3C(=O)N21.O=C(O)C(F)(F)F. The summed E-state index contributed by atoms with van der Waals surface area (Å²) < 4.78 is 31.7. The second-order valence-electron chi connectivity index (χ2n) is 11.7. The number of pyridine rings is 1. The number of hydrogen-bond donors (Lipinski definition) is 1. The highest BCUT2D eigenvalue weighted by molar-refractivity contribution is 6.05. The van der Waals surface area contributed by atoms with Crippen molar-refractivity contribution in [1.82, 2.24) is 14.8 Å². The van der Waals surface area contributed by atoms with Crippen molar-refractivity contribution < 1.29 is 37.6 Å². The number of aliphatic carboxylic acids is 1. The van der Waals surface area contributed by atoms with Gasteiger partial charge in [-0.05, 0) is 60.9 Å². The molecule has 1 fully saturated rings. The summed E-state index contributed by atoms with van der Waals surface area (Å²) in [7, 11) is 0. The van der Waals surface area contributed by atoms with E-state index in [1.807, 2.05) is 49.1 Å². The molecule has 1 saturated heterocycles. The van der Waals surface area contributed by atoms with Gasteiger partial charge < -0.3 is 19.8 Å². The molecule has 14 heteroatoms. The third kappa shape index (κ3) is 8.43. The second kappa shape index (κ2) is 15.1. The van der Waals surface area contributed by atoms with Gasteiger partial charge >= 0.3 is 12.1 Å². The number of rotatable bonds is 10. The molecule has 1 N–H and O–H groups in total. The summed E-state index contributed by atoms with van der Waals surface area (Å²) in [6.45, 7) is 5.51. The Hall–Kier alpha value is -5.01. The van der Waals surface area contributed by atoms with Crippen LogP contribution in [-0.2, 0) is 22.4 Å². The monoisotopic (exact) mass is 655 g/mol. The Bertz CT molecular complexity index is 1570. The van der Waals surface area contributed by atoms with Crippen LogP contribution in [0.4, 0.5) is 24.5 Å². The van der Waals surface area contributed by atoms with E-state index in [0.29, 0.717) is 31.7 Å². The number of nitro benzene ring substituents is 1. The molecule has 0 bridgehead atoms. The molecular weight excluding hydrogens is 619 g/mol. The molecule has 0 radical (unpaired) electrons. The van der Waals surface area contributed by atoms with Gasteiger partial charge in [-0.25, -0.2) is 4.79 Å². The average molecular weight is 656 g/mol. The molecule has 1 unspecified atom stereocenters. The van der Waals surface area contributed by atoms with Gasteiger partial charge in [0.25, 0.3) is 11.6 Å². The third-order valence-electron chi connectivity index (χ3n) is 8.15. The van der Waals surface area contributed by atoms with Crippen molar-refractivity contribution in [3.05, 3.63) is 99.9 Å². The standard InChI is InChI=1S/C31H35N5O4.C2HF3O2/c1-22(2)29-31(38)33(18-7-6-10-23-8-4-3-5-9-23)21-28-34(19-15-24-13-16-32-17-14-24)27-12-11-25(36(39)40)20-26(27)30(37)35(28)29;3-2(4,5)1(6)7/h3-5,8-9,11-14,16-17,20,22,28-29H,6-7,10,15,18-19,21H2,1-2H3;(H,6,7)/t28?,29-;/m0./s1. The zero-order valence-corrected chi connectivity index (χ0v) is 26.0. The Morgan fingerprint density at radius 1 is 1.00 bits per heavy atom. The minimum Gasteiger partial charge on any atom is -0.475 e. The topological polar surface area (TPSA) is 137 Å². The summed E-state index contributed by atoms with van der Waals surface area (Å²) in [5, 5.41) is 18.7. The van der Waals surface area contributed by atoms with Gasteiger partial charge in [0.1, 0.15) is 12.2 Å². The highest BCUT2D eigenvalue weighted by Gasteiger charge is 2.50. The molecule has 3 aromatic rings. The summed E-state index contributed by atoms with van der Waals surface area (Å²) in [6, 6.07) is 18.1. The van der Waals surface area contributed by atoms with Crippen LogP contribution in [0.3, 0.4) is 0 Å². The van der Waals surface area contributed by atoms with Crippen molar-refractivity contribution >= 4 is 29.2 Å². The number of unbranched alkanes of at least 4 members (excludes halogenated alkanes) is 1. The number of benzene rings is 2. The van der Waals surface area contributed by atoms with E-state index in [1.54, 1.807) is 23.4 Å². The van der Waals surface area contributed by atoms with Crippen LogP contribution in [-0.4, -0.2) is 80.6 Å². The second-order valence-corrected chi connectivity index (χ2v) is 11.7. The zero-order valence-electron chi connectivity index (χ0n) is 26.0. The van der Waals surface area contributed by atoms with E-state index >= 15 is 0 Å². The van der Waals surface area contributed by atoms with Gasteiger partial charge in [-0.2, -0.15) is 13.2 Å². The number of amides is 2. The molecule has 11 nitrogen and oxygen atoms in total. The third-order valence-corrected chi connectivity index (χ3v) is 8.15. The predicted octanol–water partition coefficient (Wildman–Crippen LogP) is 5.34. The lowest BCUT2D eigenvalue weighted by Crippen LogP contribution is -2.71. The van der Waals surface area contributed by atoms with E-state index in [2.05, 4.69) is 22.0 Å². The molecule has 2 aliphatic heterocycles. The molecule has 0 saturated carbocycles. The molecule has 1 aromatic heterocycles. The molecule has 250 valence electrons. The number of carbonyl (C=O) groups is 3. The first-order chi connectivity index (χ1) is 22.3. The number of carbonyl (C=O) groups excluding carboxylic acids is 2. The Morgan fingerprint density at radius 2 is 1.64 bits per heavy atom. The van der Waals surface area contributed by atoms with Gasteiger partial charge in [0.2, 0.25) is 5.91 Å². The summed E-state index contributed by atoms with van der Waals surface area (Å²) in [4.78, 5) is 57.6. The molecule has 0 aliphatic carbocycles. The number of non-ortho nitro benzene ring substituents is 1. The van der Waals surface area contributed by atoms with Gasteiger partial charge in [-0.3, -0.25) is 24.7 Å². The van der Waals surface area contributed by atoms with Crippen molar-refractivity contribution in [2.45, 2.75) is 57.9 Å². The number of aromatic nitrogens is 1. The number of nitro groups is 1. The number of nitrogens with zero attached hydrogens (tertiary/aromatic N) is 5. The number of aryl methyl sites for hydroxylation is 1. The number of carboxylic acid groups (broad SMARTS) is 1. The minimum atomic E-state index is -5.08. The number of alkyl halides is 3. The van der Waals surface area contributed by atoms with Crippen molar-refractivity contribution in [2.75, 3.05) is 24.5 Å². The maximum atomic E-state index is 13.9. The highest BCUT2D eigenvalue weighted by Crippen LogP contribution is 2.38. The first-order valence-corrected chi connectivity index (χ1v) is 15.2. The van der Waals surface area contributed by atoms with Gasteiger partial charge in [0, 0.05) is 37.6 Å². The summed E-state index contributed by atoms with van der Waals surface area (Å²) in [5.74, 6) is -3.25. The van der Waals surface area contributed by atoms with Crippen molar-refractivity contribution in [2.24, 2.45) is 5.92 Å². The van der Waals surface area contributed by atoms with Crippen LogP contribution in [0.25, 0.3) is 0 Å². The van der Waals surface area contributed by atoms with Crippen LogP contribution in [0.5, 0.6) is 0 Å². The Balaban J connectivity index is 0.000000644. The van der Waals surface area contributed by atoms with Crippen LogP contribution >= 0.6 is 0 Å². The van der Waals surface area contributed by atoms with E-state index in [-0.39, 0.29) is 35.1 Å². The molecule has 0 spiro atoms. The number of halogens is 3. The van der Waals surface area contributed by atoms with E-state index in [4.69, 9.17) is 9.90 Å². The lowest BCUT2D eigenvalue weighted by Gasteiger charge is -2.54. The lowest BCUT2D eigenvalue weighted by atomic mass is 9.92. The average Bonchev–Trinajstić information content (AvgIpc) is 3.04. The largest absolute Gasteiger partial charge is 0.490 e. The van der Waals surface area contributed by atoms with Crippen LogP contribution in [0.2, 0.25) is 0 Å². The number of fused-ring (bicyclic) bond motifs is 2. The molecular formula is C33H36F3N5O6. The van der Waals surface area contributed by atoms with Gasteiger partial charge in [-0.15, -0.1) is 0 Å². The summed E-state index contributed by atoms with van der Waals surface area (Å²) >= 11 is 0. The minimum absolute atomic E-state index is 0.0534. The van der Waals surface area contributed by atoms with E-state index in [9.17, 15) is 32.9 Å². The van der Waals surface area contributed by atoms with Gasteiger partial charge in [0.05, 0.1) is 22.7 Å². The Kier molecular flexibility index (Phi) is 11.2. The zero-order chi connectivity index (χ0) is 34.3. The molecule has 2 aliphatic rings. The molecule has 47 heavy (non-hydrogen) atoms. The van der Waals surface area contributed by atoms with E-state index < -0.39 is 23.1 Å². The van der Waals surface area contributed by atoms with Gasteiger partial charge in [-0.1, -0.05) is 44.2 Å². The fraction of sp³-hybridized carbons (Fsp3) is 0.394. The Morgan fingerprint density at radius 3 is 2.23 bits per heavy atom. The quantitative estimate of drug-likeness (QED) is 0.176. The normalized spacial score (nSPS) is 17.5. The van der Waals surface area contributed by atoms with Crippen LogP contribution in [0.15, 0.2) is 73.1 Å². The molecule has 3 heterocycles. The molecule has 5 rings (SSSR count). The maximum absolute atomic E-state index is 13.9. The maximum Gasteiger partial charge on any atom is 0.490 e. The van der Waals surface area contributed by atoms with E-state index in [1.165, 1.54) is 17.7 Å². The smallest absolute Gasteiger partial charge is 0.475 e. The number of hydrogen-bond acceptors (Lipinski definition) is 7. The first kappa shape index (κ1) is 34.9. The van der Waals surface area contributed by atoms with Crippen molar-refractivity contribution in [3.8, 4) is 0 Å².